The van der Waals surface area contributed by atoms with Gasteiger partial charge in [0.15, 0.2) is 0 Å². The van der Waals surface area contributed by atoms with Crippen molar-refractivity contribution < 1.29 is 0 Å². The van der Waals surface area contributed by atoms with Gasteiger partial charge in [0, 0.05) is 87.2 Å². The molecule has 111 heavy (non-hydrogen) atoms. The quantitative estimate of drug-likeness (QED) is 0.125. The lowest BCUT2D eigenvalue weighted by molar-refractivity contribution is 1.18. The Morgan fingerprint density at radius 1 is 0.180 bits per heavy atom. The van der Waals surface area contributed by atoms with Crippen molar-refractivity contribution in [3.05, 3.63) is 429 Å². The molecule has 14 aromatic carbocycles. The molecule has 0 radical (unpaired) electrons. The van der Waals surface area contributed by atoms with E-state index >= 15 is 0 Å². The molecule has 0 saturated carbocycles. The lowest BCUT2D eigenvalue weighted by atomic mass is 9.94. The molecule has 1 N–H and O–H groups in total. The lowest BCUT2D eigenvalue weighted by Crippen LogP contribution is -1.97. The van der Waals surface area contributed by atoms with Gasteiger partial charge in [-0.1, -0.05) is 331 Å². The van der Waals surface area contributed by atoms with Crippen LogP contribution in [0.1, 0.15) is 0 Å². The monoisotopic (exact) mass is 1480 g/mol. The second-order valence-electron chi connectivity index (χ2n) is 27.5. The Morgan fingerprint density at radius 3 is 0.631 bits per heavy atom. The molecule has 0 spiro atoms. The third kappa shape index (κ3) is 14.9. The van der Waals surface area contributed by atoms with Crippen LogP contribution in [0, 0.1) is 0 Å². The molecule has 0 atom stereocenters. The number of H-pyrrole nitrogens is 1. The van der Waals surface area contributed by atoms with Crippen LogP contribution < -0.4 is 0 Å². The first-order valence-electron chi connectivity index (χ1n) is 37.3. The molecule has 0 fully saturated rings. The van der Waals surface area contributed by atoms with Gasteiger partial charge in [-0.15, -0.1) is 0 Å². The topological polar surface area (TPSA) is 72.3 Å². The number of rotatable bonds is 13. The zero-order chi connectivity index (χ0) is 74.2. The normalized spacial score (nSPS) is 11.1. The Hall–Kier alpha value is -14.2. The number of aromatic amines is 1. The molecule has 524 valence electrons. The van der Waals surface area contributed by atoms with Crippen LogP contribution in [0.3, 0.4) is 0 Å². The van der Waals surface area contributed by atoms with Crippen LogP contribution in [0.15, 0.2) is 429 Å². The van der Waals surface area contributed by atoms with E-state index in [1.807, 2.05) is 24.3 Å². The number of pyridine rings is 4. The smallest absolute Gasteiger partial charge is 0.0715 e. The third-order valence-corrected chi connectivity index (χ3v) is 20.7. The molecule has 0 aliphatic heterocycles. The highest BCUT2D eigenvalue weighted by atomic mass is 79.9. The van der Waals surface area contributed by atoms with E-state index in [1.54, 1.807) is 0 Å². The van der Waals surface area contributed by atoms with Crippen molar-refractivity contribution in [2.24, 2.45) is 0 Å². The number of fused-ring (bicyclic) bond motifs is 6. The van der Waals surface area contributed by atoms with Gasteiger partial charge in [-0.2, -0.15) is 0 Å². The average molecular weight is 1480 g/mol. The van der Waals surface area contributed by atoms with Gasteiger partial charge in [-0.05, 0) is 154 Å². The summed E-state index contributed by atoms with van der Waals surface area (Å²) in [4.78, 5) is 23.9. The summed E-state index contributed by atoms with van der Waals surface area (Å²) in [6.07, 6.45) is 0. The van der Waals surface area contributed by atoms with Crippen LogP contribution in [0.25, 0.3) is 184 Å². The molecule has 0 aliphatic carbocycles. The highest BCUT2D eigenvalue weighted by Crippen LogP contribution is 2.42. The molecular weight excluding hydrogens is 1410 g/mol. The zero-order valence-corrected chi connectivity index (χ0v) is 62.1. The van der Waals surface area contributed by atoms with Gasteiger partial charge in [0.1, 0.15) is 0 Å². The van der Waals surface area contributed by atoms with Crippen LogP contribution in [0.4, 0.5) is 0 Å². The van der Waals surface area contributed by atoms with Gasteiger partial charge >= 0.3 is 0 Å². The number of hydrogen-bond donors (Lipinski definition) is 1. The van der Waals surface area contributed by atoms with Crippen LogP contribution >= 0.6 is 15.9 Å². The third-order valence-electron chi connectivity index (χ3n) is 20.3. The van der Waals surface area contributed by atoms with Crippen LogP contribution in [-0.2, 0) is 0 Å². The van der Waals surface area contributed by atoms with Gasteiger partial charge in [0.25, 0.3) is 0 Å². The summed E-state index contributed by atoms with van der Waals surface area (Å²) in [5.41, 5.74) is 30.9. The number of nitrogens with one attached hydrogen (secondary N) is 1. The standard InChI is InChI=1S/C52H35N3.C40H27BrN2.C12H9N/c1-5-17-36(18-6-1)47-32-42(33-48(53-47)37-19-7-2-8-20-37)40-29-41(31-44(30-40)55-51-27-15-13-25-45(51)46-26-14-16-28-52(46)55)43-34-49(38-21-9-3-10-22-38)54-50(35-43)39-23-11-4-12-24-39;41-36-22-32(34-24-37(28-13-5-1-6-14-28)42-38(25-34)29-15-7-2-8-16-29)21-33(23-36)35-26-39(30-17-9-3-10-18-30)43-40(27-35)31-19-11-4-12-20-31;1-3-7-11-9(5-1)10-6-2-4-8-12(10)13-11/h1-35H;1-27H;1-8,13H. The van der Waals surface area contributed by atoms with Gasteiger partial charge < -0.3 is 9.55 Å². The fourth-order valence-corrected chi connectivity index (χ4v) is 15.3. The molecule has 6 heterocycles. The minimum atomic E-state index is 0.933. The van der Waals surface area contributed by atoms with Crippen molar-refractivity contribution in [1.29, 1.82) is 0 Å². The van der Waals surface area contributed by atoms with Crippen molar-refractivity contribution in [2.45, 2.75) is 0 Å². The minimum absolute atomic E-state index is 0.933. The molecule has 20 aromatic rings. The van der Waals surface area contributed by atoms with E-state index in [2.05, 4.69) is 426 Å². The molecule has 0 unspecified atom stereocenters. The van der Waals surface area contributed by atoms with Crippen LogP contribution in [0.5, 0.6) is 0 Å². The summed E-state index contributed by atoms with van der Waals surface area (Å²) < 4.78 is 3.42. The summed E-state index contributed by atoms with van der Waals surface area (Å²) in [6, 6.07) is 149. The average Bonchev–Trinajstić information content (AvgIpc) is 1.62. The number of halogens is 1. The molecule has 0 bridgehead atoms. The predicted molar refractivity (Wildman–Crippen MR) is 467 cm³/mol. The second-order valence-corrected chi connectivity index (χ2v) is 28.4. The van der Waals surface area contributed by atoms with Crippen molar-refractivity contribution in [3.63, 3.8) is 0 Å². The molecule has 6 nitrogen and oxygen atoms in total. The first-order chi connectivity index (χ1) is 54.9. The first kappa shape index (κ1) is 68.6. The van der Waals surface area contributed by atoms with E-state index in [4.69, 9.17) is 19.9 Å². The number of benzene rings is 14. The Labute approximate surface area is 653 Å². The number of para-hydroxylation sites is 4. The van der Waals surface area contributed by atoms with Gasteiger partial charge in [-0.25, -0.2) is 19.9 Å². The van der Waals surface area contributed by atoms with E-state index in [9.17, 15) is 0 Å². The molecule has 7 heteroatoms. The van der Waals surface area contributed by atoms with Crippen molar-refractivity contribution in [3.8, 4) is 140 Å². The maximum Gasteiger partial charge on any atom is 0.0715 e. The molecule has 0 saturated heterocycles. The van der Waals surface area contributed by atoms with Gasteiger partial charge in [-0.3, -0.25) is 0 Å². The number of nitrogens with zero attached hydrogens (tertiary/aromatic N) is 5. The van der Waals surface area contributed by atoms with E-state index in [0.717, 1.165) is 145 Å². The Morgan fingerprint density at radius 2 is 0.378 bits per heavy atom. The van der Waals surface area contributed by atoms with E-state index in [-0.39, 0.29) is 0 Å². The Kier molecular flexibility index (Phi) is 19.3. The molecule has 0 aliphatic rings. The van der Waals surface area contributed by atoms with Crippen molar-refractivity contribution in [2.75, 3.05) is 0 Å². The van der Waals surface area contributed by atoms with E-state index in [0.29, 0.717) is 0 Å². The first-order valence-corrected chi connectivity index (χ1v) is 38.1. The number of hydrogen-bond acceptors (Lipinski definition) is 4. The molecule has 0 amide bonds. The van der Waals surface area contributed by atoms with Gasteiger partial charge in [0.05, 0.1) is 56.6 Å². The highest BCUT2D eigenvalue weighted by Gasteiger charge is 2.20. The minimum Gasteiger partial charge on any atom is -0.355 e. The number of aromatic nitrogens is 6. The van der Waals surface area contributed by atoms with E-state index in [1.165, 1.54) is 43.6 Å². The summed E-state index contributed by atoms with van der Waals surface area (Å²) in [7, 11) is 0. The maximum atomic E-state index is 5.21. The van der Waals surface area contributed by atoms with Crippen LogP contribution in [0.2, 0.25) is 0 Å². The largest absolute Gasteiger partial charge is 0.355 e. The fraction of sp³-hybridized carbons (Fsp3) is 0. The summed E-state index contributed by atoms with van der Waals surface area (Å²) in [6.45, 7) is 0. The van der Waals surface area contributed by atoms with Crippen molar-refractivity contribution >= 4 is 59.5 Å². The lowest BCUT2D eigenvalue weighted by Gasteiger charge is -2.16. The zero-order valence-electron chi connectivity index (χ0n) is 60.5. The molecule has 20 rings (SSSR count). The Balaban J connectivity index is 0.000000136. The van der Waals surface area contributed by atoms with Gasteiger partial charge in [0.2, 0.25) is 0 Å². The summed E-state index contributed by atoms with van der Waals surface area (Å²) in [5, 5.41) is 5.07. The fourth-order valence-electron chi connectivity index (χ4n) is 14.8. The SMILES string of the molecule is Brc1cc(-c2cc(-c3ccccc3)nc(-c3ccccc3)c2)cc(-c2cc(-c3ccccc3)nc(-c3ccccc3)c2)c1.c1ccc(-c2cc(-c3cc(-c4cc(-c5ccccc5)nc(-c5ccccc5)c4)cc(-n4c5ccccc5c5ccccc54)c3)cc(-c3ccccc3)n2)cc1.c1ccc2c(c1)[nH]c1ccccc12. The Bertz CT molecular complexity index is 6050. The summed E-state index contributed by atoms with van der Waals surface area (Å²) in [5.74, 6) is 0. The second kappa shape index (κ2) is 31.3. The highest BCUT2D eigenvalue weighted by molar-refractivity contribution is 9.10. The van der Waals surface area contributed by atoms with Crippen molar-refractivity contribution in [1.82, 2.24) is 29.5 Å². The molecule has 6 aromatic heterocycles. The predicted octanol–water partition coefficient (Wildman–Crippen LogP) is 28.1. The summed E-state index contributed by atoms with van der Waals surface area (Å²) >= 11 is 3.83. The van der Waals surface area contributed by atoms with Crippen LogP contribution in [-0.4, -0.2) is 29.5 Å². The maximum absolute atomic E-state index is 5.21. The molecular formula is C104H71BrN6. The van der Waals surface area contributed by atoms with E-state index < -0.39 is 0 Å².